The normalized spacial score (nSPS) is 21.4. The molecule has 0 radical (unpaired) electrons. The molecular weight excluding hydrogens is 246 g/mol. The molecule has 20 heavy (non-hydrogen) atoms. The molecule has 1 atom stereocenters. The summed E-state index contributed by atoms with van der Waals surface area (Å²) in [5.41, 5.74) is 10.3. The Bertz CT molecular complexity index is 608. The van der Waals surface area contributed by atoms with Gasteiger partial charge in [-0.3, -0.25) is 0 Å². The van der Waals surface area contributed by atoms with Crippen molar-refractivity contribution in [1.82, 2.24) is 0 Å². The third-order valence-electron chi connectivity index (χ3n) is 4.53. The molecule has 0 aromatic heterocycles. The van der Waals surface area contributed by atoms with Crippen LogP contribution in [0, 0.1) is 5.41 Å². The van der Waals surface area contributed by atoms with E-state index in [-0.39, 0.29) is 5.41 Å². The maximum atomic E-state index is 9.63. The van der Waals surface area contributed by atoms with Gasteiger partial charge in [0.1, 0.15) is 5.75 Å². The van der Waals surface area contributed by atoms with Gasteiger partial charge < -0.3 is 10.8 Å². The number of nitrogens with two attached hydrogens (primary N) is 1. The second-order valence-electron chi connectivity index (χ2n) is 6.00. The number of phenols is 1. The van der Waals surface area contributed by atoms with E-state index in [9.17, 15) is 5.11 Å². The van der Waals surface area contributed by atoms with Crippen molar-refractivity contribution in [3.05, 3.63) is 65.2 Å². The van der Waals surface area contributed by atoms with Crippen LogP contribution in [0.4, 0.5) is 0 Å². The van der Waals surface area contributed by atoms with Crippen LogP contribution in [0.5, 0.6) is 5.75 Å². The lowest BCUT2D eigenvalue weighted by molar-refractivity contribution is 0.253. The van der Waals surface area contributed by atoms with Gasteiger partial charge in [-0.2, -0.15) is 0 Å². The van der Waals surface area contributed by atoms with E-state index in [2.05, 4.69) is 30.3 Å². The van der Waals surface area contributed by atoms with Crippen LogP contribution < -0.4 is 5.73 Å². The smallest absolute Gasteiger partial charge is 0.115 e. The zero-order valence-corrected chi connectivity index (χ0v) is 11.7. The highest BCUT2D eigenvalue weighted by Gasteiger charge is 2.33. The molecule has 0 saturated heterocycles. The lowest BCUT2D eigenvalue weighted by Gasteiger charge is -2.37. The number of aromatic hydroxyl groups is 1. The van der Waals surface area contributed by atoms with Crippen LogP contribution in [0.25, 0.3) is 0 Å². The van der Waals surface area contributed by atoms with E-state index in [1.54, 1.807) is 6.07 Å². The minimum atomic E-state index is 0.127. The fraction of sp³-hybridized carbons (Fsp3) is 0.333. The zero-order valence-electron chi connectivity index (χ0n) is 11.7. The molecular formula is C18H21NO. The largest absolute Gasteiger partial charge is 0.508 e. The fourth-order valence-corrected chi connectivity index (χ4v) is 3.36. The molecule has 1 unspecified atom stereocenters. The lowest BCUT2D eigenvalue weighted by atomic mass is 9.68. The molecule has 0 bridgehead atoms. The van der Waals surface area contributed by atoms with Gasteiger partial charge in [0.25, 0.3) is 0 Å². The van der Waals surface area contributed by atoms with Crippen LogP contribution in [-0.2, 0) is 19.3 Å². The first-order chi connectivity index (χ1) is 9.71. The lowest BCUT2D eigenvalue weighted by Crippen LogP contribution is -2.38. The molecule has 1 aliphatic carbocycles. The van der Waals surface area contributed by atoms with Crippen molar-refractivity contribution in [3.63, 3.8) is 0 Å². The van der Waals surface area contributed by atoms with Gasteiger partial charge in [0.05, 0.1) is 0 Å². The van der Waals surface area contributed by atoms with Gasteiger partial charge in [0, 0.05) is 0 Å². The quantitative estimate of drug-likeness (QED) is 0.897. The van der Waals surface area contributed by atoms with Gasteiger partial charge in [-0.15, -0.1) is 0 Å². The predicted octanol–water partition coefficient (Wildman–Crippen LogP) is 3.07. The number of rotatable bonds is 3. The number of phenolic OH excluding ortho intramolecular Hbond substituents is 1. The summed E-state index contributed by atoms with van der Waals surface area (Å²) in [6.45, 7) is 0.691. The van der Waals surface area contributed by atoms with E-state index in [0.29, 0.717) is 12.3 Å². The number of aryl methyl sites for hydroxylation is 1. The summed E-state index contributed by atoms with van der Waals surface area (Å²) in [7, 11) is 0. The molecule has 104 valence electrons. The van der Waals surface area contributed by atoms with Crippen molar-refractivity contribution in [2.24, 2.45) is 11.1 Å². The molecule has 1 aliphatic rings. The van der Waals surface area contributed by atoms with Gasteiger partial charge in [-0.05, 0) is 66.5 Å². The first-order valence-corrected chi connectivity index (χ1v) is 7.26. The van der Waals surface area contributed by atoms with Crippen molar-refractivity contribution in [2.75, 3.05) is 6.54 Å². The third kappa shape index (κ3) is 2.56. The topological polar surface area (TPSA) is 46.2 Å². The molecule has 2 heteroatoms. The van der Waals surface area contributed by atoms with E-state index < -0.39 is 0 Å². The summed E-state index contributed by atoms with van der Waals surface area (Å²) in [5.74, 6) is 0.339. The van der Waals surface area contributed by atoms with Gasteiger partial charge >= 0.3 is 0 Å². The van der Waals surface area contributed by atoms with Gasteiger partial charge in [-0.1, -0.05) is 36.4 Å². The van der Waals surface area contributed by atoms with Gasteiger partial charge in [-0.25, -0.2) is 0 Å². The van der Waals surface area contributed by atoms with Crippen LogP contribution in [-0.4, -0.2) is 11.7 Å². The average molecular weight is 267 g/mol. The van der Waals surface area contributed by atoms with E-state index in [1.807, 2.05) is 12.1 Å². The van der Waals surface area contributed by atoms with Crippen molar-refractivity contribution in [3.8, 4) is 5.75 Å². The summed E-state index contributed by atoms with van der Waals surface area (Å²) < 4.78 is 0. The molecule has 0 amide bonds. The summed E-state index contributed by atoms with van der Waals surface area (Å²) in [6, 6.07) is 16.2. The third-order valence-corrected chi connectivity index (χ3v) is 4.53. The van der Waals surface area contributed by atoms with E-state index in [4.69, 9.17) is 5.73 Å². The molecule has 2 aromatic rings. The SMILES string of the molecule is NCC1(Cc2cccc(O)c2)CCc2ccccc2C1. The molecule has 3 N–H and O–H groups in total. The summed E-state index contributed by atoms with van der Waals surface area (Å²) >= 11 is 0. The Kier molecular flexibility index (Phi) is 3.49. The van der Waals surface area contributed by atoms with Gasteiger partial charge in [0.2, 0.25) is 0 Å². The van der Waals surface area contributed by atoms with Crippen molar-refractivity contribution in [1.29, 1.82) is 0 Å². The molecule has 0 spiro atoms. The van der Waals surface area contributed by atoms with E-state index in [1.165, 1.54) is 16.7 Å². The summed E-state index contributed by atoms with van der Waals surface area (Å²) in [5, 5.41) is 9.63. The molecule has 2 nitrogen and oxygen atoms in total. The Morgan fingerprint density at radius 1 is 1.05 bits per heavy atom. The number of hydrogen-bond donors (Lipinski definition) is 2. The number of hydrogen-bond acceptors (Lipinski definition) is 2. The Morgan fingerprint density at radius 2 is 1.85 bits per heavy atom. The molecule has 0 saturated carbocycles. The molecule has 0 aliphatic heterocycles. The standard InChI is InChI=1S/C18H21NO/c19-13-18(11-14-4-3-7-17(20)10-14)9-8-15-5-1-2-6-16(15)12-18/h1-7,10,20H,8-9,11-13,19H2. The van der Waals surface area contributed by atoms with Crippen LogP contribution in [0.3, 0.4) is 0 Å². The summed E-state index contributed by atoms with van der Waals surface area (Å²) in [6.07, 6.45) is 4.20. The van der Waals surface area contributed by atoms with E-state index >= 15 is 0 Å². The maximum absolute atomic E-state index is 9.63. The van der Waals surface area contributed by atoms with Crippen LogP contribution in [0.1, 0.15) is 23.1 Å². The highest BCUT2D eigenvalue weighted by molar-refractivity contribution is 5.33. The Balaban J connectivity index is 1.86. The monoisotopic (exact) mass is 267 g/mol. The second kappa shape index (κ2) is 5.29. The summed E-state index contributed by atoms with van der Waals surface area (Å²) in [4.78, 5) is 0. The average Bonchev–Trinajstić information content (AvgIpc) is 2.47. The minimum absolute atomic E-state index is 0.127. The zero-order chi connectivity index (χ0) is 14.0. The van der Waals surface area contributed by atoms with Crippen molar-refractivity contribution < 1.29 is 5.11 Å². The Morgan fingerprint density at radius 3 is 2.60 bits per heavy atom. The highest BCUT2D eigenvalue weighted by Crippen LogP contribution is 2.38. The first-order valence-electron chi connectivity index (χ1n) is 7.26. The molecule has 0 fully saturated rings. The highest BCUT2D eigenvalue weighted by atomic mass is 16.3. The van der Waals surface area contributed by atoms with Crippen molar-refractivity contribution >= 4 is 0 Å². The Labute approximate surface area is 120 Å². The maximum Gasteiger partial charge on any atom is 0.115 e. The molecule has 3 rings (SSSR count). The molecule has 0 heterocycles. The van der Waals surface area contributed by atoms with Crippen molar-refractivity contribution in [2.45, 2.75) is 25.7 Å². The molecule has 2 aromatic carbocycles. The second-order valence-corrected chi connectivity index (χ2v) is 6.00. The Hall–Kier alpha value is -1.80. The van der Waals surface area contributed by atoms with Crippen LogP contribution >= 0.6 is 0 Å². The van der Waals surface area contributed by atoms with E-state index in [0.717, 1.165) is 25.7 Å². The fourth-order valence-electron chi connectivity index (χ4n) is 3.36. The number of fused-ring (bicyclic) bond motifs is 1. The van der Waals surface area contributed by atoms with Gasteiger partial charge in [0.15, 0.2) is 0 Å². The van der Waals surface area contributed by atoms with Crippen LogP contribution in [0.15, 0.2) is 48.5 Å². The minimum Gasteiger partial charge on any atom is -0.508 e. The first kappa shape index (κ1) is 13.2. The predicted molar refractivity (Wildman–Crippen MR) is 81.8 cm³/mol. The van der Waals surface area contributed by atoms with Crippen LogP contribution in [0.2, 0.25) is 0 Å². The number of benzene rings is 2.